The van der Waals surface area contributed by atoms with Gasteiger partial charge in [-0.15, -0.1) is 11.8 Å². The number of carbonyl (C=O) groups is 1. The Hall–Kier alpha value is -1.94. The first-order valence-electron chi connectivity index (χ1n) is 8.64. The van der Waals surface area contributed by atoms with Crippen LogP contribution in [0.25, 0.3) is 0 Å². The van der Waals surface area contributed by atoms with E-state index in [0.717, 1.165) is 18.0 Å². The maximum Gasteiger partial charge on any atom is 0.261 e. The summed E-state index contributed by atoms with van der Waals surface area (Å²) in [6.45, 7) is 7.49. The zero-order valence-electron chi connectivity index (χ0n) is 15.1. The number of nitrogens with zero attached hydrogens (tertiary/aromatic N) is 1. The summed E-state index contributed by atoms with van der Waals surface area (Å²) in [5, 5.41) is 0.0842. The van der Waals surface area contributed by atoms with Gasteiger partial charge in [-0.3, -0.25) is 4.79 Å². The number of hydrogen-bond donors (Lipinski definition) is 0. The summed E-state index contributed by atoms with van der Waals surface area (Å²) in [4.78, 5) is 14.5. The summed E-state index contributed by atoms with van der Waals surface area (Å²) in [6, 6.07) is 18.2. The first-order valence-corrected chi connectivity index (χ1v) is 9.69. The Morgan fingerprint density at radius 1 is 1.12 bits per heavy atom. The number of rotatable bonds is 4. The van der Waals surface area contributed by atoms with E-state index in [2.05, 4.69) is 45.0 Å². The van der Waals surface area contributed by atoms with Gasteiger partial charge in [-0.1, -0.05) is 63.2 Å². The van der Waals surface area contributed by atoms with Crippen LogP contribution >= 0.6 is 11.8 Å². The number of hydrogen-bond acceptors (Lipinski definition) is 3. The molecular formula is C21H25NO2S. The lowest BCUT2D eigenvalue weighted by Crippen LogP contribution is -2.34. The predicted molar refractivity (Wildman–Crippen MR) is 104 cm³/mol. The van der Waals surface area contributed by atoms with E-state index in [-0.39, 0.29) is 23.3 Å². The number of ether oxygens (including phenoxy) is 1. The molecule has 0 radical (unpaired) electrons. The number of benzene rings is 2. The van der Waals surface area contributed by atoms with E-state index in [1.54, 1.807) is 0 Å². The highest BCUT2D eigenvalue weighted by Crippen LogP contribution is 2.38. The lowest BCUT2D eigenvalue weighted by atomic mass is 9.87. The van der Waals surface area contributed by atoms with Crippen molar-refractivity contribution in [3.05, 3.63) is 65.7 Å². The Morgan fingerprint density at radius 2 is 1.80 bits per heavy atom. The highest BCUT2D eigenvalue weighted by molar-refractivity contribution is 7.99. The molecule has 1 saturated heterocycles. The third-order valence-corrected chi connectivity index (χ3v) is 5.64. The second kappa shape index (κ2) is 7.52. The van der Waals surface area contributed by atoms with Crippen molar-refractivity contribution in [3.8, 4) is 5.75 Å². The largest absolute Gasteiger partial charge is 0.484 e. The minimum Gasteiger partial charge on any atom is -0.484 e. The Balaban J connectivity index is 1.66. The van der Waals surface area contributed by atoms with Crippen LogP contribution in [0.1, 0.15) is 37.3 Å². The van der Waals surface area contributed by atoms with Crippen LogP contribution in [0.4, 0.5) is 0 Å². The molecule has 1 aliphatic rings. The maximum atomic E-state index is 12.6. The van der Waals surface area contributed by atoms with E-state index in [1.165, 1.54) is 11.1 Å². The van der Waals surface area contributed by atoms with Crippen LogP contribution in [0.5, 0.6) is 5.75 Å². The quantitative estimate of drug-likeness (QED) is 0.800. The molecule has 132 valence electrons. The average molecular weight is 356 g/mol. The molecule has 0 saturated carbocycles. The molecule has 2 aromatic carbocycles. The molecule has 0 spiro atoms. The van der Waals surface area contributed by atoms with Crippen LogP contribution in [0.15, 0.2) is 54.6 Å². The van der Waals surface area contributed by atoms with E-state index in [9.17, 15) is 4.79 Å². The smallest absolute Gasteiger partial charge is 0.261 e. The summed E-state index contributed by atoms with van der Waals surface area (Å²) in [5.41, 5.74) is 2.63. The molecule has 0 bridgehead atoms. The van der Waals surface area contributed by atoms with Crippen LogP contribution < -0.4 is 4.74 Å². The monoisotopic (exact) mass is 355 g/mol. The molecule has 1 heterocycles. The molecule has 1 aliphatic heterocycles. The van der Waals surface area contributed by atoms with Crippen molar-refractivity contribution in [2.45, 2.75) is 31.6 Å². The van der Waals surface area contributed by atoms with Gasteiger partial charge in [0.25, 0.3) is 5.91 Å². The van der Waals surface area contributed by atoms with Crippen molar-refractivity contribution in [1.82, 2.24) is 4.90 Å². The Morgan fingerprint density at radius 3 is 2.44 bits per heavy atom. The molecule has 0 N–H and O–H groups in total. The summed E-state index contributed by atoms with van der Waals surface area (Å²) >= 11 is 1.82. The first-order chi connectivity index (χ1) is 11.9. The van der Waals surface area contributed by atoms with Crippen LogP contribution in [-0.2, 0) is 10.2 Å². The van der Waals surface area contributed by atoms with Crippen molar-refractivity contribution in [3.63, 3.8) is 0 Å². The average Bonchev–Trinajstić information content (AvgIpc) is 3.10. The predicted octanol–water partition coefficient (Wildman–Crippen LogP) is 4.64. The zero-order chi connectivity index (χ0) is 17.9. The van der Waals surface area contributed by atoms with Gasteiger partial charge in [0.2, 0.25) is 0 Å². The highest BCUT2D eigenvalue weighted by Gasteiger charge is 2.31. The Kier molecular flexibility index (Phi) is 5.38. The van der Waals surface area contributed by atoms with E-state index in [1.807, 2.05) is 47.0 Å². The van der Waals surface area contributed by atoms with Gasteiger partial charge in [0.1, 0.15) is 11.1 Å². The fourth-order valence-corrected chi connectivity index (χ4v) is 4.17. The van der Waals surface area contributed by atoms with Crippen molar-refractivity contribution in [2.75, 3.05) is 18.9 Å². The number of thioether (sulfide) groups is 1. The molecule has 1 fully saturated rings. The fourth-order valence-electron chi connectivity index (χ4n) is 2.89. The van der Waals surface area contributed by atoms with Crippen molar-refractivity contribution in [2.24, 2.45) is 0 Å². The third kappa shape index (κ3) is 4.37. The Bertz CT molecular complexity index is 707. The summed E-state index contributed by atoms with van der Waals surface area (Å²) in [6.07, 6.45) is 0. The molecule has 1 atom stereocenters. The van der Waals surface area contributed by atoms with Gasteiger partial charge in [0, 0.05) is 12.3 Å². The third-order valence-electron chi connectivity index (χ3n) is 4.38. The van der Waals surface area contributed by atoms with Crippen molar-refractivity contribution >= 4 is 17.7 Å². The molecule has 3 rings (SSSR count). The van der Waals surface area contributed by atoms with Gasteiger partial charge in [-0.25, -0.2) is 0 Å². The zero-order valence-corrected chi connectivity index (χ0v) is 15.9. The molecule has 4 heteroatoms. The topological polar surface area (TPSA) is 29.5 Å². The normalized spacial score (nSPS) is 17.6. The molecule has 25 heavy (non-hydrogen) atoms. The minimum absolute atomic E-state index is 0.0405. The fraction of sp³-hybridized carbons (Fsp3) is 0.381. The molecule has 1 amide bonds. The SMILES string of the molecule is CC(C)(C)c1ccc(C2SCCN2C(=O)COc2ccccc2)cc1. The van der Waals surface area contributed by atoms with E-state index in [0.29, 0.717) is 0 Å². The second-order valence-corrected chi connectivity index (χ2v) is 8.47. The van der Waals surface area contributed by atoms with Crippen LogP contribution in [0.3, 0.4) is 0 Å². The summed E-state index contributed by atoms with van der Waals surface area (Å²) < 4.78 is 5.63. The van der Waals surface area contributed by atoms with Gasteiger partial charge >= 0.3 is 0 Å². The molecule has 0 aromatic heterocycles. The van der Waals surface area contributed by atoms with Gasteiger partial charge in [0.05, 0.1) is 0 Å². The molecule has 3 nitrogen and oxygen atoms in total. The van der Waals surface area contributed by atoms with E-state index in [4.69, 9.17) is 4.74 Å². The number of amides is 1. The summed E-state index contributed by atoms with van der Waals surface area (Å²) in [7, 11) is 0. The minimum atomic E-state index is 0.0405. The van der Waals surface area contributed by atoms with Gasteiger partial charge in [-0.05, 0) is 28.7 Å². The lowest BCUT2D eigenvalue weighted by molar-refractivity contribution is -0.133. The highest BCUT2D eigenvalue weighted by atomic mass is 32.2. The standard InChI is InChI=1S/C21H25NO2S/c1-21(2,3)17-11-9-16(10-12-17)20-22(13-14-25-20)19(23)15-24-18-7-5-4-6-8-18/h4-12,20H,13-15H2,1-3H3. The molecule has 2 aromatic rings. The molecule has 0 aliphatic carbocycles. The molecule has 1 unspecified atom stereocenters. The van der Waals surface area contributed by atoms with Gasteiger partial charge in [-0.2, -0.15) is 0 Å². The molecular weight excluding hydrogens is 330 g/mol. The Labute approximate surface area is 154 Å². The van der Waals surface area contributed by atoms with Gasteiger partial charge < -0.3 is 9.64 Å². The maximum absolute atomic E-state index is 12.6. The van der Waals surface area contributed by atoms with Crippen LogP contribution in [-0.4, -0.2) is 29.7 Å². The second-order valence-electron chi connectivity index (χ2n) is 7.28. The van der Waals surface area contributed by atoms with Crippen molar-refractivity contribution < 1.29 is 9.53 Å². The lowest BCUT2D eigenvalue weighted by Gasteiger charge is -2.25. The van der Waals surface area contributed by atoms with Crippen LogP contribution in [0.2, 0.25) is 0 Å². The number of para-hydroxylation sites is 1. The first kappa shape index (κ1) is 17.9. The van der Waals surface area contributed by atoms with E-state index >= 15 is 0 Å². The summed E-state index contributed by atoms with van der Waals surface area (Å²) in [5.74, 6) is 1.73. The van der Waals surface area contributed by atoms with Gasteiger partial charge in [0.15, 0.2) is 6.61 Å². The van der Waals surface area contributed by atoms with Crippen LogP contribution in [0, 0.1) is 0 Å². The van der Waals surface area contributed by atoms with E-state index < -0.39 is 0 Å². The van der Waals surface area contributed by atoms with Crippen molar-refractivity contribution in [1.29, 1.82) is 0 Å². The number of carbonyl (C=O) groups excluding carboxylic acids is 1.